The second kappa shape index (κ2) is 6.08. The number of carbonyl (C=O) groups excluding carboxylic acids is 1. The first-order valence-electron chi connectivity index (χ1n) is 5.58. The maximum atomic E-state index is 11.8. The maximum Gasteiger partial charge on any atom is 0.222 e. The number of hydrogen-bond donors (Lipinski definition) is 1. The van der Waals surface area contributed by atoms with Crippen molar-refractivity contribution >= 4 is 5.91 Å². The minimum absolute atomic E-state index is 0.187. The molecule has 0 aliphatic carbocycles. The van der Waals surface area contributed by atoms with Crippen LogP contribution in [0.2, 0.25) is 0 Å². The van der Waals surface area contributed by atoms with Crippen LogP contribution in [0.3, 0.4) is 0 Å². The molecule has 4 nitrogen and oxygen atoms in total. The van der Waals surface area contributed by atoms with E-state index in [2.05, 4.69) is 0 Å². The fraction of sp³-hybridized carbons (Fsp3) is 0.909. The van der Waals surface area contributed by atoms with Gasteiger partial charge in [0, 0.05) is 33.2 Å². The van der Waals surface area contributed by atoms with Gasteiger partial charge in [0.2, 0.25) is 5.91 Å². The molecule has 0 saturated carbocycles. The predicted octanol–water partition coefficient (Wildman–Crippen LogP) is 0.642. The normalized spacial score (nSPS) is 20.3. The summed E-state index contributed by atoms with van der Waals surface area (Å²) in [6.45, 7) is 4.03. The second-order valence-electron chi connectivity index (χ2n) is 4.38. The summed E-state index contributed by atoms with van der Waals surface area (Å²) in [5.41, 5.74) is 0. The van der Waals surface area contributed by atoms with Crippen LogP contribution in [0.5, 0.6) is 0 Å². The Labute approximate surface area is 91.2 Å². The van der Waals surface area contributed by atoms with Gasteiger partial charge in [-0.25, -0.2) is 0 Å². The van der Waals surface area contributed by atoms with Gasteiger partial charge in [-0.3, -0.25) is 4.79 Å². The standard InChI is InChI=1S/C11H21NO3/c1-9(8-15-2)7-11(14)12-5-3-10(13)4-6-12/h9-10,13H,3-8H2,1-2H3. The Bertz CT molecular complexity index is 200. The molecular formula is C11H21NO3. The van der Waals surface area contributed by atoms with Crippen molar-refractivity contribution in [3.63, 3.8) is 0 Å². The van der Waals surface area contributed by atoms with Crippen LogP contribution in [0.15, 0.2) is 0 Å². The van der Waals surface area contributed by atoms with E-state index in [1.54, 1.807) is 7.11 Å². The molecule has 4 heteroatoms. The van der Waals surface area contributed by atoms with Gasteiger partial charge >= 0.3 is 0 Å². The highest BCUT2D eigenvalue weighted by Crippen LogP contribution is 2.13. The van der Waals surface area contributed by atoms with Gasteiger partial charge in [0.15, 0.2) is 0 Å². The number of amides is 1. The summed E-state index contributed by atoms with van der Waals surface area (Å²) in [5.74, 6) is 0.459. The van der Waals surface area contributed by atoms with Crippen LogP contribution < -0.4 is 0 Å². The number of methoxy groups -OCH3 is 1. The lowest BCUT2D eigenvalue weighted by molar-refractivity contribution is -0.134. The minimum atomic E-state index is -0.217. The molecule has 15 heavy (non-hydrogen) atoms. The zero-order valence-electron chi connectivity index (χ0n) is 9.61. The van der Waals surface area contributed by atoms with E-state index in [4.69, 9.17) is 4.74 Å². The highest BCUT2D eigenvalue weighted by molar-refractivity contribution is 5.76. The smallest absolute Gasteiger partial charge is 0.222 e. The average Bonchev–Trinajstić information content (AvgIpc) is 2.18. The fourth-order valence-corrected chi connectivity index (χ4v) is 1.89. The van der Waals surface area contributed by atoms with E-state index in [0.29, 0.717) is 39.0 Å². The highest BCUT2D eigenvalue weighted by atomic mass is 16.5. The molecule has 0 aromatic carbocycles. The Kier molecular flexibility index (Phi) is 5.05. The largest absolute Gasteiger partial charge is 0.393 e. The third-order valence-electron chi connectivity index (χ3n) is 2.79. The number of rotatable bonds is 4. The zero-order valence-corrected chi connectivity index (χ0v) is 9.61. The number of nitrogens with zero attached hydrogens (tertiary/aromatic N) is 1. The van der Waals surface area contributed by atoms with Gasteiger partial charge in [-0.05, 0) is 18.8 Å². The van der Waals surface area contributed by atoms with Crippen molar-refractivity contribution < 1.29 is 14.6 Å². The third-order valence-corrected chi connectivity index (χ3v) is 2.79. The van der Waals surface area contributed by atoms with Crippen molar-refractivity contribution in [1.82, 2.24) is 4.90 Å². The van der Waals surface area contributed by atoms with Crippen LogP contribution in [-0.4, -0.2) is 48.8 Å². The van der Waals surface area contributed by atoms with E-state index in [9.17, 15) is 9.90 Å². The van der Waals surface area contributed by atoms with E-state index in [1.165, 1.54) is 0 Å². The quantitative estimate of drug-likeness (QED) is 0.749. The van der Waals surface area contributed by atoms with Gasteiger partial charge in [0.25, 0.3) is 0 Å². The molecule has 1 fully saturated rings. The van der Waals surface area contributed by atoms with Crippen LogP contribution in [0, 0.1) is 5.92 Å². The monoisotopic (exact) mass is 215 g/mol. The molecule has 1 aliphatic rings. The molecule has 1 heterocycles. The molecule has 1 saturated heterocycles. The van der Waals surface area contributed by atoms with Gasteiger partial charge in [0.1, 0.15) is 0 Å². The molecule has 1 atom stereocenters. The molecule has 0 aromatic heterocycles. The summed E-state index contributed by atoms with van der Waals surface area (Å²) in [6.07, 6.45) is 1.75. The Morgan fingerprint density at radius 2 is 2.13 bits per heavy atom. The predicted molar refractivity (Wildman–Crippen MR) is 57.5 cm³/mol. The summed E-state index contributed by atoms with van der Waals surface area (Å²) in [7, 11) is 1.65. The number of hydrogen-bond acceptors (Lipinski definition) is 3. The van der Waals surface area contributed by atoms with Gasteiger partial charge in [-0.1, -0.05) is 6.92 Å². The van der Waals surface area contributed by atoms with Crippen molar-refractivity contribution in [1.29, 1.82) is 0 Å². The molecule has 1 aliphatic heterocycles. The Morgan fingerprint density at radius 1 is 1.53 bits per heavy atom. The SMILES string of the molecule is COCC(C)CC(=O)N1CCC(O)CC1. The van der Waals surface area contributed by atoms with Gasteiger partial charge < -0.3 is 14.7 Å². The number of aliphatic hydroxyl groups is 1. The molecule has 1 N–H and O–H groups in total. The van der Waals surface area contributed by atoms with Crippen molar-refractivity contribution in [2.75, 3.05) is 26.8 Å². The van der Waals surface area contributed by atoms with E-state index in [0.717, 1.165) is 0 Å². The van der Waals surface area contributed by atoms with Crippen molar-refractivity contribution in [2.24, 2.45) is 5.92 Å². The summed E-state index contributed by atoms with van der Waals surface area (Å²) in [4.78, 5) is 13.6. The first-order chi connectivity index (χ1) is 7.13. The Hall–Kier alpha value is -0.610. The van der Waals surface area contributed by atoms with Crippen molar-refractivity contribution in [3.05, 3.63) is 0 Å². The molecule has 1 unspecified atom stereocenters. The van der Waals surface area contributed by atoms with Gasteiger partial charge in [0.05, 0.1) is 6.10 Å². The molecule has 0 radical (unpaired) electrons. The van der Waals surface area contributed by atoms with E-state index in [1.807, 2.05) is 11.8 Å². The highest BCUT2D eigenvalue weighted by Gasteiger charge is 2.22. The molecule has 0 aromatic rings. The Morgan fingerprint density at radius 3 is 2.67 bits per heavy atom. The fourth-order valence-electron chi connectivity index (χ4n) is 1.89. The molecule has 88 valence electrons. The zero-order chi connectivity index (χ0) is 11.3. The number of carbonyl (C=O) groups is 1. The lowest BCUT2D eigenvalue weighted by atomic mass is 10.0. The summed E-state index contributed by atoms with van der Waals surface area (Å²) in [6, 6.07) is 0. The van der Waals surface area contributed by atoms with Crippen LogP contribution >= 0.6 is 0 Å². The van der Waals surface area contributed by atoms with Crippen LogP contribution in [0.4, 0.5) is 0 Å². The number of ether oxygens (including phenoxy) is 1. The first kappa shape index (κ1) is 12.5. The molecular weight excluding hydrogens is 194 g/mol. The Balaban J connectivity index is 2.27. The van der Waals surface area contributed by atoms with Gasteiger partial charge in [-0.2, -0.15) is 0 Å². The molecule has 0 spiro atoms. The van der Waals surface area contributed by atoms with Crippen LogP contribution in [-0.2, 0) is 9.53 Å². The lowest BCUT2D eigenvalue weighted by Gasteiger charge is -2.30. The summed E-state index contributed by atoms with van der Waals surface area (Å²) >= 11 is 0. The van der Waals surface area contributed by atoms with Crippen LogP contribution in [0.25, 0.3) is 0 Å². The first-order valence-corrected chi connectivity index (χ1v) is 5.58. The van der Waals surface area contributed by atoms with E-state index >= 15 is 0 Å². The summed E-state index contributed by atoms with van der Waals surface area (Å²) < 4.78 is 5.00. The van der Waals surface area contributed by atoms with Crippen molar-refractivity contribution in [3.8, 4) is 0 Å². The topological polar surface area (TPSA) is 49.8 Å². The maximum absolute atomic E-state index is 11.8. The third kappa shape index (κ3) is 4.18. The molecule has 1 rings (SSSR count). The average molecular weight is 215 g/mol. The van der Waals surface area contributed by atoms with E-state index in [-0.39, 0.29) is 17.9 Å². The second-order valence-corrected chi connectivity index (χ2v) is 4.38. The van der Waals surface area contributed by atoms with Crippen LogP contribution in [0.1, 0.15) is 26.2 Å². The number of aliphatic hydroxyl groups excluding tert-OH is 1. The molecule has 1 amide bonds. The minimum Gasteiger partial charge on any atom is -0.393 e. The number of likely N-dealkylation sites (tertiary alicyclic amines) is 1. The van der Waals surface area contributed by atoms with Crippen molar-refractivity contribution in [2.45, 2.75) is 32.3 Å². The summed E-state index contributed by atoms with van der Waals surface area (Å²) in [5, 5.41) is 9.32. The molecule has 0 bridgehead atoms. The van der Waals surface area contributed by atoms with Gasteiger partial charge in [-0.15, -0.1) is 0 Å². The van der Waals surface area contributed by atoms with E-state index < -0.39 is 0 Å². The number of piperidine rings is 1. The lowest BCUT2D eigenvalue weighted by Crippen LogP contribution is -2.40.